The number of amides is 3. The first-order valence-corrected chi connectivity index (χ1v) is 6.39. The smallest absolute Gasteiger partial charge is 0.320 e. The fourth-order valence-electron chi connectivity index (χ4n) is 2.37. The third-order valence-corrected chi connectivity index (χ3v) is 3.61. The highest BCUT2D eigenvalue weighted by Crippen LogP contribution is 2.27. The van der Waals surface area contributed by atoms with Crippen LogP contribution in [0.3, 0.4) is 0 Å². The number of nitrogens with one attached hydrogen (secondary N) is 2. The fourth-order valence-corrected chi connectivity index (χ4v) is 2.37. The minimum Gasteiger partial charge on any atom is -0.320 e. The maximum Gasteiger partial charge on any atom is 0.322 e. The summed E-state index contributed by atoms with van der Waals surface area (Å²) in [7, 11) is 0. The van der Waals surface area contributed by atoms with Crippen molar-refractivity contribution in [2.75, 3.05) is 0 Å². The summed E-state index contributed by atoms with van der Waals surface area (Å²) < 4.78 is 0. The predicted octanol–water partition coefficient (Wildman–Crippen LogP) is 2.41. The second-order valence-corrected chi connectivity index (χ2v) is 4.98. The molecule has 1 heterocycles. The van der Waals surface area contributed by atoms with Gasteiger partial charge in [0.15, 0.2) is 0 Å². The Balaban J connectivity index is 1.94. The molecule has 100 valence electrons. The molecule has 0 spiro atoms. The van der Waals surface area contributed by atoms with Gasteiger partial charge in [-0.25, -0.2) is 4.79 Å². The van der Waals surface area contributed by atoms with Crippen LogP contribution < -0.4 is 10.6 Å². The third-order valence-electron chi connectivity index (χ3n) is 3.61. The molecule has 1 unspecified atom stereocenters. The summed E-state index contributed by atoms with van der Waals surface area (Å²) in [4.78, 5) is 23.2. The molecule has 20 heavy (non-hydrogen) atoms. The SMILES string of the molecule is CC1(c2ccc(-c3ccccc3)cc2)NC(=O)NC1=O. The van der Waals surface area contributed by atoms with Gasteiger partial charge in [-0.15, -0.1) is 0 Å². The van der Waals surface area contributed by atoms with Crippen molar-refractivity contribution in [3.8, 4) is 11.1 Å². The average molecular weight is 266 g/mol. The summed E-state index contributed by atoms with van der Waals surface area (Å²) in [6.07, 6.45) is 0. The molecule has 4 heteroatoms. The van der Waals surface area contributed by atoms with Crippen LogP contribution in [-0.4, -0.2) is 11.9 Å². The molecular formula is C16H14N2O2. The van der Waals surface area contributed by atoms with Crippen LogP contribution >= 0.6 is 0 Å². The number of hydrogen-bond acceptors (Lipinski definition) is 2. The van der Waals surface area contributed by atoms with E-state index in [0.29, 0.717) is 0 Å². The lowest BCUT2D eigenvalue weighted by molar-refractivity contribution is -0.123. The highest BCUT2D eigenvalue weighted by Gasteiger charge is 2.43. The summed E-state index contributed by atoms with van der Waals surface area (Å²) in [5, 5.41) is 4.92. The first-order valence-electron chi connectivity index (χ1n) is 6.39. The second kappa shape index (κ2) is 4.49. The normalized spacial score (nSPS) is 21.4. The highest BCUT2D eigenvalue weighted by molar-refractivity contribution is 6.07. The molecule has 0 saturated carbocycles. The summed E-state index contributed by atoms with van der Waals surface area (Å²) >= 11 is 0. The molecule has 3 amide bonds. The first kappa shape index (κ1) is 12.4. The van der Waals surface area contributed by atoms with Crippen molar-refractivity contribution in [3.05, 3.63) is 60.2 Å². The van der Waals surface area contributed by atoms with E-state index in [9.17, 15) is 9.59 Å². The van der Waals surface area contributed by atoms with Gasteiger partial charge in [-0.2, -0.15) is 0 Å². The van der Waals surface area contributed by atoms with E-state index in [0.717, 1.165) is 16.7 Å². The predicted molar refractivity (Wildman–Crippen MR) is 75.9 cm³/mol. The molecule has 2 aromatic carbocycles. The second-order valence-electron chi connectivity index (χ2n) is 4.98. The molecule has 4 nitrogen and oxygen atoms in total. The topological polar surface area (TPSA) is 58.2 Å². The van der Waals surface area contributed by atoms with E-state index in [-0.39, 0.29) is 5.91 Å². The Morgan fingerprint density at radius 3 is 2.00 bits per heavy atom. The maximum absolute atomic E-state index is 11.9. The van der Waals surface area contributed by atoms with Crippen molar-refractivity contribution < 1.29 is 9.59 Å². The number of hydrogen-bond donors (Lipinski definition) is 2. The van der Waals surface area contributed by atoms with Gasteiger partial charge in [0.05, 0.1) is 0 Å². The summed E-state index contributed by atoms with van der Waals surface area (Å²) in [5.41, 5.74) is 1.96. The van der Waals surface area contributed by atoms with Crippen LogP contribution in [0.2, 0.25) is 0 Å². The molecule has 1 fully saturated rings. The summed E-state index contributed by atoms with van der Waals surface area (Å²) in [6, 6.07) is 17.2. The average Bonchev–Trinajstić information content (AvgIpc) is 2.74. The number of imide groups is 1. The van der Waals surface area contributed by atoms with E-state index in [1.807, 2.05) is 54.6 Å². The summed E-state index contributed by atoms with van der Waals surface area (Å²) in [5.74, 6) is -0.324. The molecule has 0 aromatic heterocycles. The summed E-state index contributed by atoms with van der Waals surface area (Å²) in [6.45, 7) is 1.70. The van der Waals surface area contributed by atoms with Crippen LogP contribution in [0.5, 0.6) is 0 Å². The number of urea groups is 1. The Morgan fingerprint density at radius 2 is 1.45 bits per heavy atom. The molecule has 3 rings (SSSR count). The van der Waals surface area contributed by atoms with Crippen molar-refractivity contribution in [1.82, 2.24) is 10.6 Å². The first-order chi connectivity index (χ1) is 9.59. The Labute approximate surface area is 116 Å². The standard InChI is InChI=1S/C16H14N2O2/c1-16(14(19)17-15(20)18-16)13-9-7-12(8-10-13)11-5-3-2-4-6-11/h2-10H,1H3,(H2,17,18,19,20). The fraction of sp³-hybridized carbons (Fsp3) is 0.125. The molecule has 2 aromatic rings. The minimum atomic E-state index is -0.994. The molecule has 1 aliphatic heterocycles. The Bertz CT molecular complexity index is 665. The van der Waals surface area contributed by atoms with Crippen molar-refractivity contribution in [3.63, 3.8) is 0 Å². The van der Waals surface area contributed by atoms with Gasteiger partial charge in [-0.3, -0.25) is 10.1 Å². The quantitative estimate of drug-likeness (QED) is 0.820. The van der Waals surface area contributed by atoms with Gasteiger partial charge < -0.3 is 5.32 Å². The monoisotopic (exact) mass is 266 g/mol. The van der Waals surface area contributed by atoms with Gasteiger partial charge in [-0.05, 0) is 23.6 Å². The van der Waals surface area contributed by atoms with E-state index >= 15 is 0 Å². The van der Waals surface area contributed by atoms with Crippen LogP contribution in [0.25, 0.3) is 11.1 Å². The minimum absolute atomic E-state index is 0.324. The van der Waals surface area contributed by atoms with Gasteiger partial charge in [0, 0.05) is 0 Å². The van der Waals surface area contributed by atoms with Crippen LogP contribution in [0.15, 0.2) is 54.6 Å². The van der Waals surface area contributed by atoms with Crippen molar-refractivity contribution in [1.29, 1.82) is 0 Å². The number of carbonyl (C=O) groups excluding carboxylic acids is 2. The number of carbonyl (C=O) groups is 2. The molecule has 2 N–H and O–H groups in total. The van der Waals surface area contributed by atoms with Gasteiger partial charge in [0.1, 0.15) is 5.54 Å². The van der Waals surface area contributed by atoms with Gasteiger partial charge in [0.2, 0.25) is 0 Å². The highest BCUT2D eigenvalue weighted by atomic mass is 16.2. The molecule has 1 atom stereocenters. The van der Waals surface area contributed by atoms with Crippen LogP contribution in [0, 0.1) is 0 Å². The number of rotatable bonds is 2. The lowest BCUT2D eigenvalue weighted by Gasteiger charge is -2.21. The van der Waals surface area contributed by atoms with Crippen LogP contribution in [0.1, 0.15) is 12.5 Å². The largest absolute Gasteiger partial charge is 0.322 e. The Kier molecular flexibility index (Phi) is 2.79. The van der Waals surface area contributed by atoms with Crippen LogP contribution in [0.4, 0.5) is 4.79 Å². The zero-order valence-corrected chi connectivity index (χ0v) is 11.0. The van der Waals surface area contributed by atoms with Crippen molar-refractivity contribution >= 4 is 11.9 Å². The molecule has 0 bridgehead atoms. The van der Waals surface area contributed by atoms with E-state index < -0.39 is 11.6 Å². The molecule has 0 aliphatic carbocycles. The van der Waals surface area contributed by atoms with E-state index in [1.54, 1.807) is 6.92 Å². The van der Waals surface area contributed by atoms with Gasteiger partial charge in [-0.1, -0.05) is 54.6 Å². The molecule has 0 radical (unpaired) electrons. The molecular weight excluding hydrogens is 252 g/mol. The van der Waals surface area contributed by atoms with Crippen molar-refractivity contribution in [2.45, 2.75) is 12.5 Å². The lowest BCUT2D eigenvalue weighted by Crippen LogP contribution is -2.40. The zero-order valence-electron chi connectivity index (χ0n) is 11.0. The number of benzene rings is 2. The zero-order chi connectivity index (χ0) is 14.2. The van der Waals surface area contributed by atoms with E-state index in [2.05, 4.69) is 10.6 Å². The Hall–Kier alpha value is -2.62. The Morgan fingerprint density at radius 1 is 0.850 bits per heavy atom. The van der Waals surface area contributed by atoms with Crippen molar-refractivity contribution in [2.24, 2.45) is 0 Å². The van der Waals surface area contributed by atoms with Crippen LogP contribution in [-0.2, 0) is 10.3 Å². The van der Waals surface area contributed by atoms with E-state index in [4.69, 9.17) is 0 Å². The third kappa shape index (κ3) is 1.95. The van der Waals surface area contributed by atoms with Gasteiger partial charge in [0.25, 0.3) is 5.91 Å². The molecule has 1 aliphatic rings. The molecule has 1 saturated heterocycles. The van der Waals surface area contributed by atoms with Gasteiger partial charge >= 0.3 is 6.03 Å². The maximum atomic E-state index is 11.9. The van der Waals surface area contributed by atoms with E-state index in [1.165, 1.54) is 0 Å². The lowest BCUT2D eigenvalue weighted by atomic mass is 9.91.